The number of nitrogens with one attached hydrogen (secondary N) is 1. The zero-order valence-electron chi connectivity index (χ0n) is 8.32. The minimum absolute atomic E-state index is 0.591. The molecule has 2 N–H and O–H groups in total. The van der Waals surface area contributed by atoms with E-state index in [2.05, 4.69) is 15.3 Å². The van der Waals surface area contributed by atoms with Crippen molar-refractivity contribution in [1.82, 2.24) is 15.3 Å². The van der Waals surface area contributed by atoms with Gasteiger partial charge in [-0.25, -0.2) is 0 Å². The van der Waals surface area contributed by atoms with Gasteiger partial charge in [0.15, 0.2) is 0 Å². The van der Waals surface area contributed by atoms with E-state index in [9.17, 15) is 5.11 Å². The maximum absolute atomic E-state index is 10.1. The Hall–Kier alpha value is -1.00. The van der Waals surface area contributed by atoms with E-state index >= 15 is 0 Å². The van der Waals surface area contributed by atoms with Crippen LogP contribution < -0.4 is 5.32 Å². The lowest BCUT2D eigenvalue weighted by molar-refractivity contribution is 0.0608. The summed E-state index contributed by atoms with van der Waals surface area (Å²) in [5, 5.41) is 13.2. The van der Waals surface area contributed by atoms with Crippen LogP contribution in [0.1, 0.15) is 17.8 Å². The second-order valence-electron chi connectivity index (χ2n) is 3.98. The van der Waals surface area contributed by atoms with E-state index in [0.717, 1.165) is 24.4 Å². The quantitative estimate of drug-likeness (QED) is 0.697. The van der Waals surface area contributed by atoms with Gasteiger partial charge in [0.1, 0.15) is 0 Å². The highest BCUT2D eigenvalue weighted by molar-refractivity contribution is 5.06. The third-order valence-electron chi connectivity index (χ3n) is 2.57. The molecule has 14 heavy (non-hydrogen) atoms. The summed E-state index contributed by atoms with van der Waals surface area (Å²) in [7, 11) is 0. The number of aryl methyl sites for hydroxylation is 1. The van der Waals surface area contributed by atoms with Crippen LogP contribution in [-0.2, 0) is 6.42 Å². The molecule has 1 fully saturated rings. The van der Waals surface area contributed by atoms with Crippen molar-refractivity contribution in [3.8, 4) is 0 Å². The predicted molar refractivity (Wildman–Crippen MR) is 52.9 cm³/mol. The van der Waals surface area contributed by atoms with Crippen LogP contribution in [0.5, 0.6) is 0 Å². The highest BCUT2D eigenvalue weighted by atomic mass is 16.3. The lowest BCUT2D eigenvalue weighted by atomic mass is 9.97. The molecular weight excluding hydrogens is 178 g/mol. The Kier molecular flexibility index (Phi) is 2.48. The molecule has 1 unspecified atom stereocenters. The molecule has 1 aromatic heterocycles. The van der Waals surface area contributed by atoms with Crippen molar-refractivity contribution in [3.63, 3.8) is 0 Å². The van der Waals surface area contributed by atoms with Gasteiger partial charge in [-0.2, -0.15) is 0 Å². The van der Waals surface area contributed by atoms with Crippen molar-refractivity contribution in [2.45, 2.75) is 25.4 Å². The Morgan fingerprint density at radius 2 is 2.36 bits per heavy atom. The molecule has 0 amide bonds. The smallest absolute Gasteiger partial charge is 0.0839 e. The summed E-state index contributed by atoms with van der Waals surface area (Å²) in [5.74, 6) is 0. The van der Waals surface area contributed by atoms with Gasteiger partial charge in [0.05, 0.1) is 17.0 Å². The first kappa shape index (κ1) is 9.55. The minimum Gasteiger partial charge on any atom is -0.388 e. The average molecular weight is 193 g/mol. The molecule has 1 aliphatic heterocycles. The van der Waals surface area contributed by atoms with E-state index in [-0.39, 0.29) is 0 Å². The van der Waals surface area contributed by atoms with E-state index in [1.807, 2.05) is 6.92 Å². The highest BCUT2D eigenvalue weighted by Crippen LogP contribution is 2.18. The van der Waals surface area contributed by atoms with Gasteiger partial charge in [-0.1, -0.05) is 0 Å². The molecular formula is C10H15N3O. The maximum Gasteiger partial charge on any atom is 0.0839 e. The number of β-amino-alcohol motifs (C(OH)–C–C–N with tert-alkyl or cyclic N) is 1. The van der Waals surface area contributed by atoms with Gasteiger partial charge in [-0.3, -0.25) is 9.97 Å². The van der Waals surface area contributed by atoms with Crippen LogP contribution in [0, 0.1) is 6.92 Å². The molecule has 1 atom stereocenters. The van der Waals surface area contributed by atoms with Gasteiger partial charge in [0.25, 0.3) is 0 Å². The van der Waals surface area contributed by atoms with Crippen LogP contribution in [0.15, 0.2) is 12.4 Å². The maximum atomic E-state index is 10.1. The predicted octanol–water partition coefficient (Wildman–Crippen LogP) is 0.0519. The van der Waals surface area contributed by atoms with Crippen LogP contribution >= 0.6 is 0 Å². The van der Waals surface area contributed by atoms with Gasteiger partial charge < -0.3 is 10.4 Å². The standard InChI is InChI=1S/C10H15N3O/c1-8-5-13-9(6-12-8)4-10(14)2-3-11-7-10/h5-6,11,14H,2-4,7H2,1H3. The van der Waals surface area contributed by atoms with Crippen molar-refractivity contribution in [2.75, 3.05) is 13.1 Å². The lowest BCUT2D eigenvalue weighted by Crippen LogP contribution is -2.34. The Balaban J connectivity index is 2.06. The summed E-state index contributed by atoms with van der Waals surface area (Å²) in [4.78, 5) is 8.39. The number of rotatable bonds is 2. The van der Waals surface area contributed by atoms with Gasteiger partial charge in [0, 0.05) is 25.4 Å². The number of hydrogen-bond acceptors (Lipinski definition) is 4. The first-order chi connectivity index (χ1) is 6.68. The molecule has 0 spiro atoms. The molecule has 4 heteroatoms. The van der Waals surface area contributed by atoms with Gasteiger partial charge in [0.2, 0.25) is 0 Å². The molecule has 0 radical (unpaired) electrons. The Morgan fingerprint density at radius 3 is 2.93 bits per heavy atom. The van der Waals surface area contributed by atoms with Crippen LogP contribution in [0.4, 0.5) is 0 Å². The molecule has 2 heterocycles. The number of aromatic nitrogens is 2. The van der Waals surface area contributed by atoms with E-state index in [1.54, 1.807) is 12.4 Å². The first-order valence-corrected chi connectivity index (χ1v) is 4.89. The van der Waals surface area contributed by atoms with E-state index in [1.165, 1.54) is 0 Å². The van der Waals surface area contributed by atoms with Gasteiger partial charge in [-0.15, -0.1) is 0 Å². The van der Waals surface area contributed by atoms with Crippen LogP contribution in [0.25, 0.3) is 0 Å². The highest BCUT2D eigenvalue weighted by Gasteiger charge is 2.31. The Bertz CT molecular complexity index is 304. The molecule has 0 saturated carbocycles. The zero-order valence-corrected chi connectivity index (χ0v) is 8.32. The first-order valence-electron chi connectivity index (χ1n) is 4.89. The normalized spacial score (nSPS) is 26.7. The molecule has 0 bridgehead atoms. The Morgan fingerprint density at radius 1 is 1.50 bits per heavy atom. The zero-order chi connectivity index (χ0) is 10.0. The molecule has 4 nitrogen and oxygen atoms in total. The molecule has 2 rings (SSSR count). The monoisotopic (exact) mass is 193 g/mol. The number of aliphatic hydroxyl groups is 1. The molecule has 0 aliphatic carbocycles. The summed E-state index contributed by atoms with van der Waals surface area (Å²) in [5.41, 5.74) is 1.15. The molecule has 1 aliphatic rings. The SMILES string of the molecule is Cc1cnc(CC2(O)CCNC2)cn1. The second-order valence-corrected chi connectivity index (χ2v) is 3.98. The fourth-order valence-electron chi connectivity index (χ4n) is 1.73. The number of nitrogens with zero attached hydrogens (tertiary/aromatic N) is 2. The van der Waals surface area contributed by atoms with Gasteiger partial charge >= 0.3 is 0 Å². The number of hydrogen-bond donors (Lipinski definition) is 2. The third kappa shape index (κ3) is 2.08. The summed E-state index contributed by atoms with van der Waals surface area (Å²) in [6.45, 7) is 3.45. The summed E-state index contributed by atoms with van der Waals surface area (Å²) >= 11 is 0. The summed E-state index contributed by atoms with van der Waals surface area (Å²) < 4.78 is 0. The topological polar surface area (TPSA) is 58.0 Å². The molecule has 76 valence electrons. The lowest BCUT2D eigenvalue weighted by Gasteiger charge is -2.20. The third-order valence-corrected chi connectivity index (χ3v) is 2.57. The fourth-order valence-corrected chi connectivity index (χ4v) is 1.73. The molecule has 1 aromatic rings. The van der Waals surface area contributed by atoms with Crippen molar-refractivity contribution < 1.29 is 5.11 Å². The average Bonchev–Trinajstić information content (AvgIpc) is 2.57. The van der Waals surface area contributed by atoms with Crippen LogP contribution in [0.3, 0.4) is 0 Å². The van der Waals surface area contributed by atoms with Crippen LogP contribution in [0.2, 0.25) is 0 Å². The summed E-state index contributed by atoms with van der Waals surface area (Å²) in [6.07, 6.45) is 4.86. The molecule has 1 saturated heterocycles. The van der Waals surface area contributed by atoms with Crippen molar-refractivity contribution in [3.05, 3.63) is 23.8 Å². The van der Waals surface area contributed by atoms with Gasteiger partial charge in [-0.05, 0) is 19.9 Å². The van der Waals surface area contributed by atoms with Crippen molar-refractivity contribution in [1.29, 1.82) is 0 Å². The second kappa shape index (κ2) is 3.63. The van der Waals surface area contributed by atoms with Crippen molar-refractivity contribution in [2.24, 2.45) is 0 Å². The van der Waals surface area contributed by atoms with E-state index in [0.29, 0.717) is 13.0 Å². The van der Waals surface area contributed by atoms with Crippen LogP contribution in [-0.4, -0.2) is 33.8 Å². The summed E-state index contributed by atoms with van der Waals surface area (Å²) in [6, 6.07) is 0. The fraction of sp³-hybridized carbons (Fsp3) is 0.600. The van der Waals surface area contributed by atoms with E-state index < -0.39 is 5.60 Å². The van der Waals surface area contributed by atoms with Crippen molar-refractivity contribution >= 4 is 0 Å². The van der Waals surface area contributed by atoms with E-state index in [4.69, 9.17) is 0 Å². The Labute approximate surface area is 83.4 Å². The minimum atomic E-state index is -0.621. The largest absolute Gasteiger partial charge is 0.388 e. The molecule has 0 aromatic carbocycles.